The standard InChI is InChI=1S/C18H17ClFNO3/c1-2-12-6-3-4-9-16(12)21-17(22)11-24-18(23)10-13-14(19)7-5-8-15(13)20/h3-9H,2,10-11H2,1H3,(H,21,22). The highest BCUT2D eigenvalue weighted by atomic mass is 35.5. The molecule has 2 rings (SSSR count). The molecule has 2 aromatic carbocycles. The quantitative estimate of drug-likeness (QED) is 0.808. The van der Waals surface area contributed by atoms with Crippen molar-refractivity contribution in [3.05, 3.63) is 64.4 Å². The van der Waals surface area contributed by atoms with Crippen molar-refractivity contribution in [3.8, 4) is 0 Å². The summed E-state index contributed by atoms with van der Waals surface area (Å²) in [6.07, 6.45) is 0.437. The maximum Gasteiger partial charge on any atom is 0.310 e. The monoisotopic (exact) mass is 349 g/mol. The minimum Gasteiger partial charge on any atom is -0.455 e. The number of ether oxygens (including phenoxy) is 1. The van der Waals surface area contributed by atoms with E-state index >= 15 is 0 Å². The Balaban J connectivity index is 1.88. The normalized spacial score (nSPS) is 10.3. The fraction of sp³-hybridized carbons (Fsp3) is 0.222. The average molecular weight is 350 g/mol. The van der Waals surface area contributed by atoms with Crippen LogP contribution in [0.5, 0.6) is 0 Å². The summed E-state index contributed by atoms with van der Waals surface area (Å²) in [5.41, 5.74) is 1.72. The number of nitrogens with one attached hydrogen (secondary N) is 1. The minimum atomic E-state index is -0.721. The zero-order valence-corrected chi connectivity index (χ0v) is 13.9. The molecule has 0 saturated carbocycles. The number of hydrogen-bond donors (Lipinski definition) is 1. The molecule has 0 radical (unpaired) electrons. The van der Waals surface area contributed by atoms with Crippen LogP contribution < -0.4 is 5.32 Å². The fourth-order valence-corrected chi connectivity index (χ4v) is 2.41. The number of hydrogen-bond acceptors (Lipinski definition) is 3. The van der Waals surface area contributed by atoms with E-state index < -0.39 is 24.3 Å². The molecule has 24 heavy (non-hydrogen) atoms. The first kappa shape index (κ1) is 17.9. The fourth-order valence-electron chi connectivity index (χ4n) is 2.18. The van der Waals surface area contributed by atoms with Crippen molar-refractivity contribution in [1.29, 1.82) is 0 Å². The number of halogens is 2. The van der Waals surface area contributed by atoms with Gasteiger partial charge in [-0.3, -0.25) is 9.59 Å². The van der Waals surface area contributed by atoms with E-state index in [4.69, 9.17) is 16.3 Å². The Bertz CT molecular complexity index is 729. The molecule has 6 heteroatoms. The summed E-state index contributed by atoms with van der Waals surface area (Å²) in [6.45, 7) is 1.53. The van der Waals surface area contributed by atoms with E-state index in [0.29, 0.717) is 5.69 Å². The van der Waals surface area contributed by atoms with Gasteiger partial charge in [0.15, 0.2) is 6.61 Å². The second-order valence-corrected chi connectivity index (χ2v) is 5.50. The third-order valence-electron chi connectivity index (χ3n) is 3.42. The lowest BCUT2D eigenvalue weighted by Gasteiger charge is -2.10. The van der Waals surface area contributed by atoms with Crippen molar-refractivity contribution in [1.82, 2.24) is 0 Å². The Morgan fingerprint density at radius 1 is 1.17 bits per heavy atom. The van der Waals surface area contributed by atoms with E-state index in [0.717, 1.165) is 12.0 Å². The van der Waals surface area contributed by atoms with Gasteiger partial charge in [0.05, 0.1) is 6.42 Å². The Labute approximate surface area is 144 Å². The van der Waals surface area contributed by atoms with Gasteiger partial charge in [0, 0.05) is 16.3 Å². The van der Waals surface area contributed by atoms with Crippen LogP contribution in [-0.2, 0) is 27.2 Å². The molecule has 0 heterocycles. The molecular weight excluding hydrogens is 333 g/mol. The number of benzene rings is 2. The third-order valence-corrected chi connectivity index (χ3v) is 3.77. The molecular formula is C18H17ClFNO3. The zero-order chi connectivity index (χ0) is 17.5. The molecule has 0 aliphatic rings. The molecule has 0 aliphatic carbocycles. The summed E-state index contributed by atoms with van der Waals surface area (Å²) in [5.74, 6) is -1.76. The Morgan fingerprint density at radius 3 is 2.62 bits per heavy atom. The van der Waals surface area contributed by atoms with Gasteiger partial charge in [0.2, 0.25) is 0 Å². The Hall–Kier alpha value is -2.40. The van der Waals surface area contributed by atoms with Crippen molar-refractivity contribution < 1.29 is 18.7 Å². The van der Waals surface area contributed by atoms with E-state index in [1.807, 2.05) is 19.1 Å². The predicted octanol–water partition coefficient (Wildman–Crippen LogP) is 3.77. The number of aryl methyl sites for hydroxylation is 1. The number of rotatable bonds is 6. The van der Waals surface area contributed by atoms with Crippen LogP contribution in [0, 0.1) is 5.82 Å². The van der Waals surface area contributed by atoms with Crippen LogP contribution in [-0.4, -0.2) is 18.5 Å². The van der Waals surface area contributed by atoms with Gasteiger partial charge in [0.1, 0.15) is 5.82 Å². The topological polar surface area (TPSA) is 55.4 Å². The van der Waals surface area contributed by atoms with E-state index in [-0.39, 0.29) is 17.0 Å². The first-order valence-corrected chi connectivity index (χ1v) is 7.85. The molecule has 0 aliphatic heterocycles. The molecule has 1 amide bonds. The summed E-state index contributed by atoms with van der Waals surface area (Å²) >= 11 is 5.85. The first-order chi connectivity index (χ1) is 11.5. The van der Waals surface area contributed by atoms with Crippen LogP contribution in [0.3, 0.4) is 0 Å². The summed E-state index contributed by atoms with van der Waals surface area (Å²) < 4.78 is 18.5. The van der Waals surface area contributed by atoms with E-state index in [1.54, 1.807) is 12.1 Å². The van der Waals surface area contributed by atoms with E-state index in [9.17, 15) is 14.0 Å². The minimum absolute atomic E-state index is 0.0564. The van der Waals surface area contributed by atoms with Crippen molar-refractivity contribution in [3.63, 3.8) is 0 Å². The van der Waals surface area contributed by atoms with Gasteiger partial charge in [-0.1, -0.05) is 42.8 Å². The molecule has 126 valence electrons. The van der Waals surface area contributed by atoms with E-state index in [1.165, 1.54) is 18.2 Å². The number of para-hydroxylation sites is 1. The van der Waals surface area contributed by atoms with Gasteiger partial charge in [-0.2, -0.15) is 0 Å². The average Bonchev–Trinajstić information content (AvgIpc) is 2.57. The highest BCUT2D eigenvalue weighted by Gasteiger charge is 2.14. The lowest BCUT2D eigenvalue weighted by Crippen LogP contribution is -2.22. The number of esters is 1. The number of amides is 1. The summed E-state index contributed by atoms with van der Waals surface area (Å²) in [7, 11) is 0. The molecule has 1 N–H and O–H groups in total. The smallest absolute Gasteiger partial charge is 0.310 e. The number of anilines is 1. The van der Waals surface area contributed by atoms with Crippen LogP contribution >= 0.6 is 11.6 Å². The van der Waals surface area contributed by atoms with Gasteiger partial charge in [0.25, 0.3) is 5.91 Å². The van der Waals surface area contributed by atoms with Crippen LogP contribution in [0.4, 0.5) is 10.1 Å². The molecule has 0 bridgehead atoms. The number of carbonyl (C=O) groups excluding carboxylic acids is 2. The molecule has 0 aromatic heterocycles. The van der Waals surface area contributed by atoms with Crippen molar-refractivity contribution >= 4 is 29.2 Å². The summed E-state index contributed by atoms with van der Waals surface area (Å²) in [5, 5.41) is 2.83. The van der Waals surface area contributed by atoms with Crippen LogP contribution in [0.25, 0.3) is 0 Å². The molecule has 0 unspecified atom stereocenters. The summed E-state index contributed by atoms with van der Waals surface area (Å²) in [4.78, 5) is 23.7. The molecule has 0 atom stereocenters. The zero-order valence-electron chi connectivity index (χ0n) is 13.1. The van der Waals surface area contributed by atoms with Gasteiger partial charge in [-0.05, 0) is 30.2 Å². The highest BCUT2D eigenvalue weighted by Crippen LogP contribution is 2.20. The maximum atomic E-state index is 13.6. The molecule has 0 spiro atoms. The first-order valence-electron chi connectivity index (χ1n) is 7.47. The van der Waals surface area contributed by atoms with Crippen LogP contribution in [0.2, 0.25) is 5.02 Å². The summed E-state index contributed by atoms with van der Waals surface area (Å²) in [6, 6.07) is 11.5. The van der Waals surface area contributed by atoms with Crippen molar-refractivity contribution in [2.45, 2.75) is 19.8 Å². The van der Waals surface area contributed by atoms with Gasteiger partial charge in [-0.25, -0.2) is 4.39 Å². The second-order valence-electron chi connectivity index (χ2n) is 5.10. The van der Waals surface area contributed by atoms with Crippen LogP contribution in [0.15, 0.2) is 42.5 Å². The van der Waals surface area contributed by atoms with E-state index in [2.05, 4.69) is 5.32 Å². The van der Waals surface area contributed by atoms with Gasteiger partial charge < -0.3 is 10.1 Å². The lowest BCUT2D eigenvalue weighted by atomic mass is 10.1. The van der Waals surface area contributed by atoms with Crippen molar-refractivity contribution in [2.24, 2.45) is 0 Å². The van der Waals surface area contributed by atoms with Gasteiger partial charge in [-0.15, -0.1) is 0 Å². The molecule has 0 fully saturated rings. The van der Waals surface area contributed by atoms with Crippen molar-refractivity contribution in [2.75, 3.05) is 11.9 Å². The number of carbonyl (C=O) groups is 2. The maximum absolute atomic E-state index is 13.6. The molecule has 4 nitrogen and oxygen atoms in total. The Morgan fingerprint density at radius 2 is 1.92 bits per heavy atom. The third kappa shape index (κ3) is 4.80. The highest BCUT2D eigenvalue weighted by molar-refractivity contribution is 6.31. The largest absolute Gasteiger partial charge is 0.455 e. The van der Waals surface area contributed by atoms with Gasteiger partial charge >= 0.3 is 5.97 Å². The van der Waals surface area contributed by atoms with Crippen LogP contribution in [0.1, 0.15) is 18.1 Å². The SMILES string of the molecule is CCc1ccccc1NC(=O)COC(=O)Cc1c(F)cccc1Cl. The molecule has 2 aromatic rings. The lowest BCUT2D eigenvalue weighted by molar-refractivity contribution is -0.146. The predicted molar refractivity (Wildman–Crippen MR) is 90.5 cm³/mol. The second kappa shape index (κ2) is 8.45. The Kier molecular flexibility index (Phi) is 6.32. The molecule has 0 saturated heterocycles.